The van der Waals surface area contributed by atoms with E-state index in [0.717, 1.165) is 0 Å². The molecule has 0 aliphatic heterocycles. The summed E-state index contributed by atoms with van der Waals surface area (Å²) in [6, 6.07) is 0. The molecule has 0 radical (unpaired) electrons. The van der Waals surface area contributed by atoms with Gasteiger partial charge in [0.1, 0.15) is 0 Å². The smallest absolute Gasteiger partial charge is 0.464 e. The molecule has 0 aromatic carbocycles. The van der Waals surface area contributed by atoms with Crippen LogP contribution in [0.5, 0.6) is 0 Å². The van der Waals surface area contributed by atoms with E-state index in [4.69, 9.17) is 4.89 Å². The van der Waals surface area contributed by atoms with Crippen LogP contribution in [-0.4, -0.2) is 23.6 Å². The van der Waals surface area contributed by atoms with E-state index in [1.807, 2.05) is 6.92 Å². The minimum Gasteiger partial charge on any atom is -0.464 e. The van der Waals surface area contributed by atoms with Gasteiger partial charge in [-0.25, -0.2) is 4.79 Å². The molecule has 0 spiro atoms. The number of esters is 1. The molecule has 0 heterocycles. The molecule has 1 N–H and O–H groups in total. The summed E-state index contributed by atoms with van der Waals surface area (Å²) < 4.78 is 19.5. The van der Waals surface area contributed by atoms with Crippen LogP contribution in [0.15, 0.2) is 0 Å². The first-order valence-electron chi connectivity index (χ1n) is 6.02. The summed E-state index contributed by atoms with van der Waals surface area (Å²) in [4.78, 5) is 19.5. The highest BCUT2D eigenvalue weighted by Crippen LogP contribution is 2.21. The number of carbonyl (C=O) groups is 1. The molecule has 0 aromatic rings. The van der Waals surface area contributed by atoms with E-state index < -0.39 is 20.3 Å². The second kappa shape index (κ2) is 13.6. The lowest BCUT2D eigenvalue weighted by Gasteiger charge is -2.07. The van der Waals surface area contributed by atoms with Gasteiger partial charge in [-0.3, -0.25) is 0 Å². The number of rotatable bonds is 7. The van der Waals surface area contributed by atoms with Gasteiger partial charge in [-0.2, -0.15) is 0 Å². The lowest BCUT2D eigenvalue weighted by Crippen LogP contribution is -2.24. The lowest BCUT2D eigenvalue weighted by molar-refractivity contribution is -0.151. The van der Waals surface area contributed by atoms with Crippen molar-refractivity contribution in [1.29, 1.82) is 0 Å². The fraction of sp³-hybridized carbons (Fsp3) is 0.909. The van der Waals surface area contributed by atoms with Gasteiger partial charge in [0.25, 0.3) is 0 Å². The molecule has 6 heteroatoms. The third kappa shape index (κ3) is 13.4. The molecule has 2 atom stereocenters. The Hall–Kier alpha value is -0.510. The fourth-order valence-corrected chi connectivity index (χ4v) is 1.23. The summed E-state index contributed by atoms with van der Waals surface area (Å²) in [7, 11) is -2.75. The molecule has 5 nitrogen and oxygen atoms in total. The zero-order chi connectivity index (χ0) is 13.7. The Morgan fingerprint density at radius 2 is 1.71 bits per heavy atom. The second-order valence-electron chi connectivity index (χ2n) is 3.37. The van der Waals surface area contributed by atoms with Gasteiger partial charge >= 0.3 is 14.2 Å². The Labute approximate surface area is 104 Å². The highest BCUT2D eigenvalue weighted by molar-refractivity contribution is 7.32. The lowest BCUT2D eigenvalue weighted by atomic mass is 10.2. The quantitative estimate of drug-likeness (QED) is 0.566. The summed E-state index contributed by atoms with van der Waals surface area (Å²) in [5.41, 5.74) is 0. The first-order valence-corrected chi connectivity index (χ1v) is 7.15. The van der Waals surface area contributed by atoms with Crippen LogP contribution in [0, 0.1) is 0 Å². The van der Waals surface area contributed by atoms with E-state index in [1.54, 1.807) is 6.92 Å². The second-order valence-corrected chi connectivity index (χ2v) is 4.06. The van der Waals surface area contributed by atoms with Crippen LogP contribution in [0.3, 0.4) is 0 Å². The molecule has 2 unspecified atom stereocenters. The topological polar surface area (TPSA) is 72.8 Å². The molecule has 102 valence electrons. The molecule has 0 fully saturated rings. The van der Waals surface area contributed by atoms with Crippen LogP contribution in [0.2, 0.25) is 0 Å². The molecule has 0 aliphatic carbocycles. The summed E-state index contributed by atoms with van der Waals surface area (Å²) in [5.74, 6) is -0.582. The fourth-order valence-electron chi connectivity index (χ4n) is 0.820. The van der Waals surface area contributed by atoms with Crippen LogP contribution >= 0.6 is 8.25 Å². The Morgan fingerprint density at radius 3 is 2.00 bits per heavy atom. The third-order valence-corrected chi connectivity index (χ3v) is 2.25. The SMILES string of the molecule is CCCC.CCCC(O[P+](=O)O)C(=O)OCC. The molecule has 17 heavy (non-hydrogen) atoms. The summed E-state index contributed by atoms with van der Waals surface area (Å²) in [6.07, 6.45) is 2.80. The maximum absolute atomic E-state index is 11.1. The average molecular weight is 267 g/mol. The van der Waals surface area contributed by atoms with Gasteiger partial charge in [-0.05, 0) is 13.3 Å². The van der Waals surface area contributed by atoms with Crippen molar-refractivity contribution < 1.29 is 23.5 Å². The van der Waals surface area contributed by atoms with Crippen molar-refractivity contribution in [3.05, 3.63) is 0 Å². The van der Waals surface area contributed by atoms with Gasteiger partial charge in [0.05, 0.1) is 6.61 Å². The molecular formula is C11H24O5P+. The van der Waals surface area contributed by atoms with E-state index >= 15 is 0 Å². The van der Waals surface area contributed by atoms with E-state index in [9.17, 15) is 9.36 Å². The molecule has 0 aromatic heterocycles. The van der Waals surface area contributed by atoms with E-state index in [1.165, 1.54) is 12.8 Å². The van der Waals surface area contributed by atoms with Crippen LogP contribution in [0.25, 0.3) is 0 Å². The van der Waals surface area contributed by atoms with Crippen molar-refractivity contribution >= 4 is 14.2 Å². The van der Waals surface area contributed by atoms with E-state index in [0.29, 0.717) is 12.8 Å². The van der Waals surface area contributed by atoms with Crippen LogP contribution in [0.1, 0.15) is 53.4 Å². The average Bonchev–Trinajstić information content (AvgIpc) is 2.28. The molecule has 0 rings (SSSR count). The molecule has 0 amide bonds. The highest BCUT2D eigenvalue weighted by atomic mass is 31.1. The van der Waals surface area contributed by atoms with Gasteiger partial charge in [-0.1, -0.05) is 40.0 Å². The predicted molar refractivity (Wildman–Crippen MR) is 66.8 cm³/mol. The first-order chi connectivity index (χ1) is 8.03. The number of hydrogen-bond acceptors (Lipinski definition) is 4. The molecular weight excluding hydrogens is 243 g/mol. The Bertz CT molecular complexity index is 206. The van der Waals surface area contributed by atoms with Gasteiger partial charge in [0.2, 0.25) is 6.10 Å². The van der Waals surface area contributed by atoms with Crippen LogP contribution in [0.4, 0.5) is 0 Å². The van der Waals surface area contributed by atoms with Crippen molar-refractivity contribution in [2.45, 2.75) is 59.5 Å². The minimum absolute atomic E-state index is 0.241. The molecule has 0 bridgehead atoms. The van der Waals surface area contributed by atoms with E-state index in [2.05, 4.69) is 23.1 Å². The van der Waals surface area contributed by atoms with Crippen molar-refractivity contribution in [1.82, 2.24) is 0 Å². The zero-order valence-electron chi connectivity index (χ0n) is 11.1. The first kappa shape index (κ1) is 18.8. The van der Waals surface area contributed by atoms with Crippen LogP contribution < -0.4 is 0 Å². The standard InChI is InChI=1S/C7H13O5P.C4H10/c1-3-5-6(12-13(9)10)7(8)11-4-2;1-3-4-2/h6H,3-5H2,1-2H3;3-4H2,1-2H3/p+1. The normalized spacial score (nSPS) is 12.2. The van der Waals surface area contributed by atoms with Gasteiger partial charge in [0, 0.05) is 4.57 Å². The number of hydrogen-bond donors (Lipinski definition) is 1. The van der Waals surface area contributed by atoms with Crippen LogP contribution in [-0.2, 0) is 18.6 Å². The highest BCUT2D eigenvalue weighted by Gasteiger charge is 2.29. The molecule has 0 saturated heterocycles. The zero-order valence-corrected chi connectivity index (χ0v) is 12.0. The van der Waals surface area contributed by atoms with Gasteiger partial charge in [-0.15, -0.1) is 9.42 Å². The summed E-state index contributed by atoms with van der Waals surface area (Å²) >= 11 is 0. The van der Waals surface area contributed by atoms with Gasteiger partial charge < -0.3 is 4.74 Å². The number of carbonyl (C=O) groups excluding carboxylic acids is 1. The third-order valence-electron chi connectivity index (χ3n) is 1.82. The predicted octanol–water partition coefficient (Wildman–Crippen LogP) is 3.19. The minimum atomic E-state index is -2.75. The largest absolute Gasteiger partial charge is 0.695 e. The number of ether oxygens (including phenoxy) is 1. The van der Waals surface area contributed by atoms with Gasteiger partial charge in [0.15, 0.2) is 0 Å². The monoisotopic (exact) mass is 267 g/mol. The van der Waals surface area contributed by atoms with Crippen molar-refractivity contribution in [2.24, 2.45) is 0 Å². The molecule has 0 saturated carbocycles. The Balaban J connectivity index is 0. The van der Waals surface area contributed by atoms with Crippen molar-refractivity contribution in [2.75, 3.05) is 6.61 Å². The van der Waals surface area contributed by atoms with E-state index in [-0.39, 0.29) is 6.61 Å². The molecule has 0 aliphatic rings. The van der Waals surface area contributed by atoms with Crippen molar-refractivity contribution in [3.63, 3.8) is 0 Å². The maximum atomic E-state index is 11.1. The maximum Gasteiger partial charge on any atom is 0.695 e. The number of unbranched alkanes of at least 4 members (excludes halogenated alkanes) is 1. The Morgan fingerprint density at radius 1 is 1.18 bits per heavy atom. The van der Waals surface area contributed by atoms with Crippen molar-refractivity contribution in [3.8, 4) is 0 Å². The summed E-state index contributed by atoms with van der Waals surface area (Å²) in [6.45, 7) is 8.12. The Kier molecular flexibility index (Phi) is 15.0. The summed E-state index contributed by atoms with van der Waals surface area (Å²) in [5, 5.41) is 0.